The summed E-state index contributed by atoms with van der Waals surface area (Å²) in [5.74, 6) is 0.117. The maximum Gasteiger partial charge on any atom is 0.254 e. The van der Waals surface area contributed by atoms with Crippen LogP contribution < -0.4 is 0 Å². The van der Waals surface area contributed by atoms with E-state index in [2.05, 4.69) is 25.1 Å². The van der Waals surface area contributed by atoms with Crippen LogP contribution in [0.1, 0.15) is 29.4 Å². The average molecular weight is 453 g/mol. The molecule has 4 heterocycles. The van der Waals surface area contributed by atoms with Crippen LogP contribution in [0.15, 0.2) is 54.9 Å². The van der Waals surface area contributed by atoms with Crippen molar-refractivity contribution in [2.75, 3.05) is 14.1 Å². The summed E-state index contributed by atoms with van der Waals surface area (Å²) in [7, 11) is 3.49. The monoisotopic (exact) mass is 452 g/mol. The minimum atomic E-state index is -0.0499. The lowest BCUT2D eigenvalue weighted by Crippen LogP contribution is -2.21. The van der Waals surface area contributed by atoms with Crippen molar-refractivity contribution in [3.05, 3.63) is 66.1 Å². The minimum absolute atomic E-state index is 0.0499. The third-order valence-corrected chi connectivity index (χ3v) is 5.91. The number of hydrogen-bond donors (Lipinski definition) is 2. The summed E-state index contributed by atoms with van der Waals surface area (Å²) < 4.78 is 0. The highest BCUT2D eigenvalue weighted by Crippen LogP contribution is 2.32. The number of pyridine rings is 2. The van der Waals surface area contributed by atoms with Gasteiger partial charge in [0, 0.05) is 78.0 Å². The third kappa shape index (κ3) is 3.83. The Morgan fingerprint density at radius 3 is 2.53 bits per heavy atom. The number of carbonyl (C=O) groups excluding carboxylic acids is 2. The van der Waals surface area contributed by atoms with E-state index in [1.807, 2.05) is 49.4 Å². The van der Waals surface area contributed by atoms with Crippen molar-refractivity contribution < 1.29 is 9.59 Å². The molecular formula is C26H24N6O2. The molecule has 5 aromatic rings. The number of rotatable bonds is 6. The normalized spacial score (nSPS) is 11.3. The SMILES string of the molecule is CCC(=O)Cc1ccc(-c2cnc3n[nH]c(-c4cc5c(C(=O)N(C)C)cccc5[nH]4)c3c2)cn1. The maximum atomic E-state index is 12.6. The summed E-state index contributed by atoms with van der Waals surface area (Å²) in [6, 6.07) is 13.5. The molecule has 1 amide bonds. The number of H-pyrrole nitrogens is 2. The Bertz CT molecular complexity index is 1530. The fourth-order valence-electron chi connectivity index (χ4n) is 4.01. The molecule has 2 N–H and O–H groups in total. The van der Waals surface area contributed by atoms with Crippen LogP contribution in [0.5, 0.6) is 0 Å². The van der Waals surface area contributed by atoms with Crippen LogP contribution in [0.4, 0.5) is 0 Å². The number of carbonyl (C=O) groups is 2. The summed E-state index contributed by atoms with van der Waals surface area (Å²) in [4.78, 5) is 38.3. The molecule has 34 heavy (non-hydrogen) atoms. The quantitative estimate of drug-likeness (QED) is 0.397. The van der Waals surface area contributed by atoms with Gasteiger partial charge in [-0.05, 0) is 30.3 Å². The van der Waals surface area contributed by atoms with Gasteiger partial charge in [-0.15, -0.1) is 0 Å². The number of aromatic nitrogens is 5. The molecule has 0 unspecified atom stereocenters. The summed E-state index contributed by atoms with van der Waals surface area (Å²) in [5.41, 5.74) is 6.29. The number of benzene rings is 1. The molecule has 0 saturated carbocycles. The average Bonchev–Trinajstić information content (AvgIpc) is 3.47. The predicted octanol–water partition coefficient (Wildman–Crippen LogP) is 4.39. The molecule has 0 aliphatic rings. The fourth-order valence-corrected chi connectivity index (χ4v) is 4.01. The lowest BCUT2D eigenvalue weighted by atomic mass is 10.1. The van der Waals surface area contributed by atoms with Crippen molar-refractivity contribution in [1.29, 1.82) is 0 Å². The van der Waals surface area contributed by atoms with Gasteiger partial charge in [0.05, 0.1) is 11.4 Å². The topological polar surface area (TPSA) is 108 Å². The second-order valence-electron chi connectivity index (χ2n) is 8.45. The van der Waals surface area contributed by atoms with E-state index in [1.54, 1.807) is 31.4 Å². The first-order valence-electron chi connectivity index (χ1n) is 11.1. The van der Waals surface area contributed by atoms with Crippen LogP contribution >= 0.6 is 0 Å². The molecular weight excluding hydrogens is 428 g/mol. The van der Waals surface area contributed by atoms with Crippen molar-refractivity contribution in [2.45, 2.75) is 19.8 Å². The highest BCUT2D eigenvalue weighted by molar-refractivity contribution is 6.08. The Morgan fingerprint density at radius 2 is 1.79 bits per heavy atom. The van der Waals surface area contributed by atoms with Gasteiger partial charge >= 0.3 is 0 Å². The Balaban J connectivity index is 1.54. The minimum Gasteiger partial charge on any atom is -0.353 e. The van der Waals surface area contributed by atoms with Crippen molar-refractivity contribution in [2.24, 2.45) is 0 Å². The number of aromatic amines is 2. The number of nitrogens with zero attached hydrogens (tertiary/aromatic N) is 4. The van der Waals surface area contributed by atoms with Crippen molar-refractivity contribution in [1.82, 2.24) is 30.0 Å². The first-order valence-corrected chi connectivity index (χ1v) is 11.1. The number of Topliss-reactive ketones (excluding diaryl/α,β-unsaturated/α-hetero) is 1. The number of ketones is 1. The number of nitrogens with one attached hydrogen (secondary N) is 2. The van der Waals surface area contributed by atoms with Gasteiger partial charge in [0.2, 0.25) is 0 Å². The molecule has 0 saturated heterocycles. The summed E-state index contributed by atoms with van der Waals surface area (Å²) in [5, 5.41) is 9.15. The summed E-state index contributed by atoms with van der Waals surface area (Å²) >= 11 is 0. The van der Waals surface area contributed by atoms with Gasteiger partial charge < -0.3 is 9.88 Å². The van der Waals surface area contributed by atoms with Crippen LogP contribution in [0, 0.1) is 0 Å². The lowest BCUT2D eigenvalue weighted by molar-refractivity contribution is -0.118. The van der Waals surface area contributed by atoms with Gasteiger partial charge in [0.1, 0.15) is 5.78 Å². The van der Waals surface area contributed by atoms with E-state index in [9.17, 15) is 9.59 Å². The van der Waals surface area contributed by atoms with Gasteiger partial charge in [-0.25, -0.2) is 4.98 Å². The molecule has 8 nitrogen and oxygen atoms in total. The van der Waals surface area contributed by atoms with Crippen molar-refractivity contribution in [3.8, 4) is 22.5 Å². The molecule has 0 aliphatic carbocycles. The summed E-state index contributed by atoms with van der Waals surface area (Å²) in [6.07, 6.45) is 4.38. The van der Waals surface area contributed by atoms with Crippen LogP contribution in [-0.2, 0) is 11.2 Å². The predicted molar refractivity (Wildman–Crippen MR) is 131 cm³/mol. The molecule has 8 heteroatoms. The molecule has 5 rings (SSSR count). The molecule has 0 atom stereocenters. The molecule has 0 fully saturated rings. The largest absolute Gasteiger partial charge is 0.353 e. The van der Waals surface area contributed by atoms with E-state index in [0.717, 1.165) is 44.5 Å². The zero-order valence-electron chi connectivity index (χ0n) is 19.2. The number of hydrogen-bond acceptors (Lipinski definition) is 5. The van der Waals surface area contributed by atoms with E-state index >= 15 is 0 Å². The number of fused-ring (bicyclic) bond motifs is 2. The Hall–Kier alpha value is -4.33. The highest BCUT2D eigenvalue weighted by Gasteiger charge is 2.17. The second-order valence-corrected chi connectivity index (χ2v) is 8.45. The van der Waals surface area contributed by atoms with Gasteiger partial charge in [0.15, 0.2) is 5.65 Å². The number of amides is 1. The van der Waals surface area contributed by atoms with Gasteiger partial charge in [-0.2, -0.15) is 5.10 Å². The van der Waals surface area contributed by atoms with Crippen LogP contribution in [-0.4, -0.2) is 55.8 Å². The van der Waals surface area contributed by atoms with Crippen LogP contribution in [0.25, 0.3) is 44.5 Å². The summed E-state index contributed by atoms with van der Waals surface area (Å²) in [6.45, 7) is 1.86. The molecule has 0 bridgehead atoms. The van der Waals surface area contributed by atoms with E-state index in [0.29, 0.717) is 24.1 Å². The molecule has 170 valence electrons. The zero-order chi connectivity index (χ0) is 23.8. The maximum absolute atomic E-state index is 12.6. The standard InChI is InChI=1S/C26H24N6O2/c1-4-18(33)11-17-9-8-15(13-27-17)16-10-21-24(30-31-25(21)28-14-16)23-12-20-19(26(34)32(2)3)6-5-7-22(20)29-23/h5-10,12-14,29H,4,11H2,1-3H3,(H,28,30,31). The van der Waals surface area contributed by atoms with E-state index in [4.69, 9.17) is 0 Å². The van der Waals surface area contributed by atoms with Gasteiger partial charge in [-0.3, -0.25) is 19.7 Å². The molecule has 1 aromatic carbocycles. The molecule has 0 aliphatic heterocycles. The Morgan fingerprint density at radius 1 is 0.971 bits per heavy atom. The van der Waals surface area contributed by atoms with Gasteiger partial charge in [-0.1, -0.05) is 19.1 Å². The fraction of sp³-hybridized carbons (Fsp3) is 0.192. The zero-order valence-corrected chi connectivity index (χ0v) is 19.2. The molecule has 0 spiro atoms. The third-order valence-electron chi connectivity index (χ3n) is 5.91. The molecule has 0 radical (unpaired) electrons. The van der Waals surface area contributed by atoms with Gasteiger partial charge in [0.25, 0.3) is 5.91 Å². The van der Waals surface area contributed by atoms with Crippen molar-refractivity contribution in [3.63, 3.8) is 0 Å². The second kappa shape index (κ2) is 8.55. The Kier molecular flexibility index (Phi) is 5.41. The van der Waals surface area contributed by atoms with E-state index in [-0.39, 0.29) is 11.7 Å². The van der Waals surface area contributed by atoms with E-state index < -0.39 is 0 Å². The smallest absolute Gasteiger partial charge is 0.254 e. The van der Waals surface area contributed by atoms with Crippen molar-refractivity contribution >= 4 is 33.6 Å². The van der Waals surface area contributed by atoms with E-state index in [1.165, 1.54) is 0 Å². The first kappa shape index (κ1) is 21.5. The highest BCUT2D eigenvalue weighted by atomic mass is 16.2. The Labute approximate surface area is 196 Å². The van der Waals surface area contributed by atoms with Crippen LogP contribution in [0.2, 0.25) is 0 Å². The lowest BCUT2D eigenvalue weighted by Gasteiger charge is -2.10. The molecule has 4 aromatic heterocycles. The van der Waals surface area contributed by atoms with Crippen LogP contribution in [0.3, 0.4) is 0 Å². The first-order chi connectivity index (χ1) is 16.4.